The molecule has 0 N–H and O–H groups in total. The van der Waals surface area contributed by atoms with Gasteiger partial charge in [-0.3, -0.25) is 4.40 Å². The Bertz CT molecular complexity index is 648. The summed E-state index contributed by atoms with van der Waals surface area (Å²) in [6, 6.07) is 3.85. The third-order valence-electron chi connectivity index (χ3n) is 3.09. The van der Waals surface area contributed by atoms with Crippen LogP contribution < -0.4 is 0 Å². The van der Waals surface area contributed by atoms with Crippen LogP contribution in [-0.4, -0.2) is 9.38 Å². The number of hydrogen-bond donors (Lipinski definition) is 0. The number of fused-ring (bicyclic) bond motifs is 3. The number of rotatable bonds is 1. The van der Waals surface area contributed by atoms with Crippen LogP contribution in [0.4, 0.5) is 0 Å². The Hall–Kier alpha value is -1.55. The molecule has 0 unspecified atom stereocenters. The summed E-state index contributed by atoms with van der Waals surface area (Å²) in [4.78, 5) is 7.21. The Morgan fingerprint density at radius 1 is 1.38 bits per heavy atom. The van der Waals surface area contributed by atoms with E-state index in [4.69, 9.17) is 4.42 Å². The number of aromatic nitrogens is 2. The highest BCUT2D eigenvalue weighted by molar-refractivity contribution is 7.17. The Labute approximate surface area is 96.3 Å². The van der Waals surface area contributed by atoms with Gasteiger partial charge in [0, 0.05) is 16.8 Å². The van der Waals surface area contributed by atoms with Gasteiger partial charge in [-0.1, -0.05) is 0 Å². The maximum Gasteiger partial charge on any atom is 0.194 e. The van der Waals surface area contributed by atoms with Gasteiger partial charge in [-0.05, 0) is 31.4 Å². The zero-order valence-electron chi connectivity index (χ0n) is 8.64. The molecule has 0 atom stereocenters. The summed E-state index contributed by atoms with van der Waals surface area (Å²) in [6.45, 7) is 0. The minimum absolute atomic E-state index is 0.850. The van der Waals surface area contributed by atoms with Crippen molar-refractivity contribution in [3.05, 3.63) is 35.2 Å². The average Bonchev–Trinajstić information content (AvgIpc) is 2.98. The Balaban J connectivity index is 1.95. The molecule has 3 aromatic heterocycles. The molecule has 0 saturated carbocycles. The predicted octanol–water partition coefficient (Wildman–Crippen LogP) is 3.14. The van der Waals surface area contributed by atoms with Gasteiger partial charge in [0.05, 0.1) is 6.26 Å². The fourth-order valence-electron chi connectivity index (χ4n) is 2.35. The molecule has 3 heterocycles. The maximum atomic E-state index is 5.37. The molecular weight excluding hydrogens is 220 g/mol. The minimum atomic E-state index is 0.850. The summed E-state index contributed by atoms with van der Waals surface area (Å²) in [5.74, 6) is 0.850. The molecule has 0 fully saturated rings. The molecule has 4 rings (SSSR count). The molecule has 4 heteroatoms. The molecule has 0 aromatic carbocycles. The molecule has 80 valence electrons. The first-order valence-electron chi connectivity index (χ1n) is 5.45. The first-order valence-corrected chi connectivity index (χ1v) is 6.27. The first-order chi connectivity index (χ1) is 7.92. The van der Waals surface area contributed by atoms with Crippen molar-refractivity contribution in [3.8, 4) is 11.5 Å². The lowest BCUT2D eigenvalue weighted by Crippen LogP contribution is -1.84. The highest BCUT2D eigenvalue weighted by atomic mass is 32.1. The van der Waals surface area contributed by atoms with Gasteiger partial charge in [0.15, 0.2) is 10.7 Å². The lowest BCUT2D eigenvalue weighted by molar-refractivity contribution is 0.580. The largest absolute Gasteiger partial charge is 0.463 e. The normalized spacial score (nSPS) is 14.8. The highest BCUT2D eigenvalue weighted by Crippen LogP contribution is 2.32. The van der Waals surface area contributed by atoms with Crippen LogP contribution in [0.5, 0.6) is 0 Å². The van der Waals surface area contributed by atoms with Crippen LogP contribution in [0.2, 0.25) is 0 Å². The Morgan fingerprint density at radius 2 is 2.38 bits per heavy atom. The summed E-state index contributed by atoms with van der Waals surface area (Å²) in [5.41, 5.74) is 2.39. The van der Waals surface area contributed by atoms with E-state index in [2.05, 4.69) is 15.6 Å². The lowest BCUT2D eigenvalue weighted by Gasteiger charge is -1.90. The van der Waals surface area contributed by atoms with Crippen LogP contribution in [0.25, 0.3) is 16.4 Å². The third-order valence-corrected chi connectivity index (χ3v) is 4.25. The molecule has 0 radical (unpaired) electrons. The van der Waals surface area contributed by atoms with Crippen molar-refractivity contribution >= 4 is 16.3 Å². The van der Waals surface area contributed by atoms with Gasteiger partial charge in [0.2, 0.25) is 0 Å². The zero-order chi connectivity index (χ0) is 10.5. The van der Waals surface area contributed by atoms with Crippen LogP contribution in [-0.2, 0) is 12.8 Å². The van der Waals surface area contributed by atoms with Crippen LogP contribution >= 0.6 is 11.3 Å². The van der Waals surface area contributed by atoms with Gasteiger partial charge in [-0.15, -0.1) is 11.3 Å². The number of nitrogens with zero attached hydrogens (tertiary/aromatic N) is 2. The predicted molar refractivity (Wildman–Crippen MR) is 62.8 cm³/mol. The second-order valence-corrected chi connectivity index (χ2v) is 5.14. The van der Waals surface area contributed by atoms with Crippen molar-refractivity contribution in [2.75, 3.05) is 0 Å². The molecule has 16 heavy (non-hydrogen) atoms. The number of imidazole rings is 1. The van der Waals surface area contributed by atoms with E-state index >= 15 is 0 Å². The van der Waals surface area contributed by atoms with Gasteiger partial charge < -0.3 is 4.42 Å². The quantitative estimate of drug-likeness (QED) is 0.643. The second kappa shape index (κ2) is 2.98. The van der Waals surface area contributed by atoms with Crippen molar-refractivity contribution in [2.45, 2.75) is 19.3 Å². The maximum absolute atomic E-state index is 5.37. The van der Waals surface area contributed by atoms with Crippen molar-refractivity contribution in [1.29, 1.82) is 0 Å². The van der Waals surface area contributed by atoms with Crippen molar-refractivity contribution in [3.63, 3.8) is 0 Å². The third kappa shape index (κ3) is 1.05. The molecular formula is C12H10N2OS. The van der Waals surface area contributed by atoms with E-state index in [9.17, 15) is 0 Å². The molecule has 0 saturated heterocycles. The summed E-state index contributed by atoms with van der Waals surface area (Å²) in [7, 11) is 0. The number of thiazole rings is 1. The fraction of sp³-hybridized carbons (Fsp3) is 0.250. The summed E-state index contributed by atoms with van der Waals surface area (Å²) < 4.78 is 7.59. The van der Waals surface area contributed by atoms with Crippen molar-refractivity contribution < 1.29 is 4.42 Å². The Kier molecular flexibility index (Phi) is 1.60. The van der Waals surface area contributed by atoms with Crippen molar-refractivity contribution in [2.24, 2.45) is 0 Å². The van der Waals surface area contributed by atoms with Crippen LogP contribution in [0.15, 0.2) is 29.0 Å². The summed E-state index contributed by atoms with van der Waals surface area (Å²) in [6.07, 6.45) is 7.47. The smallest absolute Gasteiger partial charge is 0.194 e. The molecule has 0 amide bonds. The zero-order valence-corrected chi connectivity index (χ0v) is 9.46. The number of hydrogen-bond acceptors (Lipinski definition) is 3. The molecule has 1 aliphatic rings. The molecule has 0 bridgehead atoms. The van der Waals surface area contributed by atoms with Gasteiger partial charge in [0.1, 0.15) is 5.69 Å². The number of aryl methyl sites for hydroxylation is 2. The van der Waals surface area contributed by atoms with Gasteiger partial charge in [-0.25, -0.2) is 4.98 Å². The first kappa shape index (κ1) is 8.58. The van der Waals surface area contributed by atoms with Crippen molar-refractivity contribution in [1.82, 2.24) is 9.38 Å². The minimum Gasteiger partial charge on any atom is -0.463 e. The van der Waals surface area contributed by atoms with E-state index in [1.165, 1.54) is 29.8 Å². The van der Waals surface area contributed by atoms with Gasteiger partial charge in [-0.2, -0.15) is 0 Å². The van der Waals surface area contributed by atoms with E-state index in [1.54, 1.807) is 6.26 Å². The highest BCUT2D eigenvalue weighted by Gasteiger charge is 2.19. The van der Waals surface area contributed by atoms with E-state index < -0.39 is 0 Å². The summed E-state index contributed by atoms with van der Waals surface area (Å²) >= 11 is 1.81. The fourth-order valence-corrected chi connectivity index (χ4v) is 3.54. The Morgan fingerprint density at radius 3 is 3.25 bits per heavy atom. The topological polar surface area (TPSA) is 30.4 Å². The van der Waals surface area contributed by atoms with Gasteiger partial charge in [0.25, 0.3) is 0 Å². The van der Waals surface area contributed by atoms with E-state index in [-0.39, 0.29) is 0 Å². The molecule has 0 spiro atoms. The number of furan rings is 1. The molecule has 0 aliphatic heterocycles. The van der Waals surface area contributed by atoms with Crippen LogP contribution in [0.1, 0.15) is 17.0 Å². The molecule has 3 aromatic rings. The lowest BCUT2D eigenvalue weighted by atomic mass is 10.3. The average molecular weight is 230 g/mol. The monoisotopic (exact) mass is 230 g/mol. The van der Waals surface area contributed by atoms with E-state index in [1.807, 2.05) is 23.5 Å². The van der Waals surface area contributed by atoms with E-state index in [0.717, 1.165) is 16.4 Å². The molecule has 1 aliphatic carbocycles. The SMILES string of the molecule is c1coc(-c2cn3c4c(sc3n2)CCC4)c1. The van der Waals surface area contributed by atoms with Crippen LogP contribution in [0, 0.1) is 0 Å². The van der Waals surface area contributed by atoms with Crippen LogP contribution in [0.3, 0.4) is 0 Å². The second-order valence-electron chi connectivity index (χ2n) is 4.08. The molecule has 3 nitrogen and oxygen atoms in total. The van der Waals surface area contributed by atoms with Gasteiger partial charge >= 0.3 is 0 Å². The van der Waals surface area contributed by atoms with E-state index in [0.29, 0.717) is 0 Å². The summed E-state index contributed by atoms with van der Waals surface area (Å²) in [5, 5.41) is 0. The standard InChI is InChI=1S/C12H10N2OS/c1-3-9-11(5-1)16-12-13-8(7-14(9)12)10-4-2-6-15-10/h2,4,6-7H,1,3,5H2.